The number of likely N-dealkylation sites (tertiary alicyclic amines) is 1. The molecule has 0 aliphatic carbocycles. The lowest BCUT2D eigenvalue weighted by Crippen LogP contribution is -2.40. The van der Waals surface area contributed by atoms with Crippen molar-refractivity contribution in [2.75, 3.05) is 13.1 Å². The minimum absolute atomic E-state index is 0.0334. The van der Waals surface area contributed by atoms with Crippen molar-refractivity contribution in [1.82, 2.24) is 4.90 Å². The molecule has 1 aromatic carbocycles. The monoisotopic (exact) mass is 284 g/mol. The fraction of sp³-hybridized carbons (Fsp3) is 0.500. The van der Waals surface area contributed by atoms with Crippen molar-refractivity contribution in [2.24, 2.45) is 5.73 Å². The maximum Gasteiger partial charge on any atom is 0.410 e. The van der Waals surface area contributed by atoms with E-state index in [9.17, 15) is 13.6 Å². The molecule has 1 aliphatic heterocycles. The van der Waals surface area contributed by atoms with Gasteiger partial charge in [0.15, 0.2) is 0 Å². The summed E-state index contributed by atoms with van der Waals surface area (Å²) >= 11 is 0. The minimum Gasteiger partial charge on any atom is -0.445 e. The number of alkyl halides is 2. The predicted octanol–water partition coefficient (Wildman–Crippen LogP) is 2.38. The second-order valence-electron chi connectivity index (χ2n) is 4.93. The Balaban J connectivity index is 1.87. The van der Waals surface area contributed by atoms with Gasteiger partial charge in [-0.25, -0.2) is 13.6 Å². The van der Waals surface area contributed by atoms with Crippen LogP contribution in [0.3, 0.4) is 0 Å². The van der Waals surface area contributed by atoms with E-state index in [4.69, 9.17) is 10.5 Å². The maximum atomic E-state index is 13.4. The molecule has 110 valence electrons. The number of ether oxygens (including phenoxy) is 1. The minimum atomic E-state index is -2.92. The third-order valence-electron chi connectivity index (χ3n) is 3.43. The number of amides is 1. The predicted molar refractivity (Wildman–Crippen MR) is 70.4 cm³/mol. The van der Waals surface area contributed by atoms with Crippen LogP contribution in [0.2, 0.25) is 0 Å². The van der Waals surface area contributed by atoms with Crippen LogP contribution in [0.5, 0.6) is 0 Å². The number of nitrogens with two attached hydrogens (primary N) is 1. The van der Waals surface area contributed by atoms with E-state index in [1.165, 1.54) is 4.90 Å². The molecule has 1 atom stereocenters. The van der Waals surface area contributed by atoms with Gasteiger partial charge in [0.2, 0.25) is 0 Å². The summed E-state index contributed by atoms with van der Waals surface area (Å²) in [6.07, 6.45) is -0.916. The number of carbonyl (C=O) groups excluding carboxylic acids is 1. The number of hydrogen-bond donors (Lipinski definition) is 1. The van der Waals surface area contributed by atoms with Crippen molar-refractivity contribution in [2.45, 2.75) is 31.4 Å². The first-order valence-electron chi connectivity index (χ1n) is 6.58. The van der Waals surface area contributed by atoms with E-state index in [1.807, 2.05) is 30.3 Å². The van der Waals surface area contributed by atoms with Crippen molar-refractivity contribution >= 4 is 6.09 Å². The highest BCUT2D eigenvalue weighted by atomic mass is 19.3. The number of halogens is 2. The number of hydrogen-bond acceptors (Lipinski definition) is 3. The number of rotatable bonds is 2. The summed E-state index contributed by atoms with van der Waals surface area (Å²) in [6.45, 7) is 0.303. The van der Waals surface area contributed by atoms with Crippen LogP contribution in [0.15, 0.2) is 30.3 Å². The van der Waals surface area contributed by atoms with Gasteiger partial charge in [0.1, 0.15) is 6.61 Å². The Morgan fingerprint density at radius 3 is 2.75 bits per heavy atom. The molecular formula is C14H18F2N2O2. The molecule has 0 saturated carbocycles. The second-order valence-corrected chi connectivity index (χ2v) is 4.93. The molecule has 0 bridgehead atoms. The molecule has 1 heterocycles. The fourth-order valence-electron chi connectivity index (χ4n) is 2.08. The summed E-state index contributed by atoms with van der Waals surface area (Å²) in [5, 5.41) is 0. The number of carbonyl (C=O) groups is 1. The highest BCUT2D eigenvalue weighted by Gasteiger charge is 2.40. The average molecular weight is 284 g/mol. The molecule has 0 spiro atoms. The first-order chi connectivity index (χ1) is 9.49. The zero-order valence-electron chi connectivity index (χ0n) is 11.1. The Hall–Kier alpha value is -1.69. The molecule has 1 saturated heterocycles. The molecule has 1 amide bonds. The smallest absolute Gasteiger partial charge is 0.410 e. The lowest BCUT2D eigenvalue weighted by molar-refractivity contribution is -0.0294. The molecule has 1 aromatic rings. The molecular weight excluding hydrogens is 266 g/mol. The van der Waals surface area contributed by atoms with Crippen LogP contribution in [0, 0.1) is 0 Å². The van der Waals surface area contributed by atoms with Gasteiger partial charge >= 0.3 is 6.09 Å². The van der Waals surface area contributed by atoms with Crippen molar-refractivity contribution in [1.29, 1.82) is 0 Å². The summed E-state index contributed by atoms with van der Waals surface area (Å²) in [6, 6.07) is 8.02. The summed E-state index contributed by atoms with van der Waals surface area (Å²) in [4.78, 5) is 13.2. The molecule has 6 heteroatoms. The zero-order valence-corrected chi connectivity index (χ0v) is 11.1. The second kappa shape index (κ2) is 6.17. The SMILES string of the molecule is NC1CCN(C(=O)OCc2ccccc2)CCC1(F)F. The first-order valence-corrected chi connectivity index (χ1v) is 6.58. The van der Waals surface area contributed by atoms with Gasteiger partial charge in [0, 0.05) is 19.5 Å². The van der Waals surface area contributed by atoms with Crippen molar-refractivity contribution < 1.29 is 18.3 Å². The van der Waals surface area contributed by atoms with E-state index >= 15 is 0 Å². The molecule has 20 heavy (non-hydrogen) atoms. The standard InChI is InChI=1S/C14H18F2N2O2/c15-14(16)7-9-18(8-6-12(14)17)13(19)20-10-11-4-2-1-3-5-11/h1-5,12H,6-10,17H2. The fourth-order valence-corrected chi connectivity index (χ4v) is 2.08. The molecule has 1 fully saturated rings. The molecule has 4 nitrogen and oxygen atoms in total. The Kier molecular flexibility index (Phi) is 4.54. The van der Waals surface area contributed by atoms with Crippen LogP contribution in [-0.2, 0) is 11.3 Å². The van der Waals surface area contributed by atoms with E-state index in [0.29, 0.717) is 0 Å². The Morgan fingerprint density at radius 2 is 2.05 bits per heavy atom. The lowest BCUT2D eigenvalue weighted by Gasteiger charge is -2.20. The summed E-state index contributed by atoms with van der Waals surface area (Å²) in [7, 11) is 0. The van der Waals surface area contributed by atoms with Crippen LogP contribution < -0.4 is 5.73 Å². The molecule has 1 aliphatic rings. The normalized spacial score (nSPS) is 22.1. The quantitative estimate of drug-likeness (QED) is 0.907. The summed E-state index contributed by atoms with van der Waals surface area (Å²) in [5.74, 6) is -2.92. The van der Waals surface area contributed by atoms with Gasteiger partial charge in [-0.2, -0.15) is 0 Å². The Labute approximate surface area is 116 Å². The third-order valence-corrected chi connectivity index (χ3v) is 3.43. The van der Waals surface area contributed by atoms with Gasteiger partial charge in [0.25, 0.3) is 5.92 Å². The molecule has 0 aromatic heterocycles. The number of benzene rings is 1. The number of nitrogens with zero attached hydrogens (tertiary/aromatic N) is 1. The lowest BCUT2D eigenvalue weighted by atomic mass is 10.1. The average Bonchev–Trinajstić information content (AvgIpc) is 2.57. The molecule has 2 rings (SSSR count). The van der Waals surface area contributed by atoms with Crippen LogP contribution >= 0.6 is 0 Å². The summed E-state index contributed by atoms with van der Waals surface area (Å²) < 4.78 is 32.0. The van der Waals surface area contributed by atoms with Gasteiger partial charge in [-0.15, -0.1) is 0 Å². The van der Waals surface area contributed by atoms with Gasteiger partial charge in [0.05, 0.1) is 6.04 Å². The van der Waals surface area contributed by atoms with Gasteiger partial charge in [-0.05, 0) is 12.0 Å². The van der Waals surface area contributed by atoms with Crippen molar-refractivity contribution in [3.05, 3.63) is 35.9 Å². The molecule has 1 unspecified atom stereocenters. The topological polar surface area (TPSA) is 55.6 Å². The molecule has 0 radical (unpaired) electrons. The van der Waals surface area contributed by atoms with E-state index in [0.717, 1.165) is 5.56 Å². The highest BCUT2D eigenvalue weighted by molar-refractivity contribution is 5.67. The van der Waals surface area contributed by atoms with E-state index < -0.39 is 24.5 Å². The first kappa shape index (κ1) is 14.7. The molecule has 2 N–H and O–H groups in total. The Morgan fingerprint density at radius 1 is 1.35 bits per heavy atom. The van der Waals surface area contributed by atoms with E-state index in [1.54, 1.807) is 0 Å². The largest absolute Gasteiger partial charge is 0.445 e. The summed E-state index contributed by atoms with van der Waals surface area (Å²) in [5.41, 5.74) is 6.27. The van der Waals surface area contributed by atoms with Gasteiger partial charge in [-0.1, -0.05) is 30.3 Å². The Bertz CT molecular complexity index is 454. The highest BCUT2D eigenvalue weighted by Crippen LogP contribution is 2.27. The van der Waals surface area contributed by atoms with Gasteiger partial charge in [-0.3, -0.25) is 0 Å². The van der Waals surface area contributed by atoms with E-state index in [-0.39, 0.29) is 26.1 Å². The zero-order chi connectivity index (χ0) is 14.6. The van der Waals surface area contributed by atoms with Crippen LogP contribution in [0.1, 0.15) is 18.4 Å². The van der Waals surface area contributed by atoms with Gasteiger partial charge < -0.3 is 15.4 Å². The van der Waals surface area contributed by atoms with Crippen molar-refractivity contribution in [3.8, 4) is 0 Å². The third kappa shape index (κ3) is 3.66. The van der Waals surface area contributed by atoms with Crippen LogP contribution in [0.4, 0.5) is 13.6 Å². The van der Waals surface area contributed by atoms with E-state index in [2.05, 4.69) is 0 Å². The van der Waals surface area contributed by atoms with Crippen molar-refractivity contribution in [3.63, 3.8) is 0 Å². The van der Waals surface area contributed by atoms with Crippen LogP contribution in [0.25, 0.3) is 0 Å². The maximum absolute atomic E-state index is 13.4. The van der Waals surface area contributed by atoms with Crippen LogP contribution in [-0.4, -0.2) is 36.0 Å².